The van der Waals surface area contributed by atoms with Gasteiger partial charge in [-0.3, -0.25) is 0 Å². The maximum atomic E-state index is 5.38. The fourth-order valence-electron chi connectivity index (χ4n) is 2.17. The molecule has 18 heavy (non-hydrogen) atoms. The Morgan fingerprint density at radius 2 is 1.83 bits per heavy atom. The molecule has 2 heterocycles. The first-order valence-electron chi connectivity index (χ1n) is 6.13. The number of benzene rings is 1. The van der Waals surface area contributed by atoms with Crippen LogP contribution in [-0.2, 0) is 4.74 Å². The highest BCUT2D eigenvalue weighted by atomic mass is 16.5. The molecule has 0 saturated carbocycles. The van der Waals surface area contributed by atoms with E-state index in [1.165, 1.54) is 0 Å². The molecule has 3 rings (SSSR count). The molecule has 0 bridgehead atoms. The Labute approximate surface area is 106 Å². The Morgan fingerprint density at radius 3 is 2.61 bits per heavy atom. The Hall–Kier alpha value is -1.94. The van der Waals surface area contributed by atoms with E-state index in [0.717, 1.165) is 43.2 Å². The molecule has 1 fully saturated rings. The van der Waals surface area contributed by atoms with Crippen molar-refractivity contribution in [1.29, 1.82) is 0 Å². The van der Waals surface area contributed by atoms with Crippen LogP contribution in [0.15, 0.2) is 42.9 Å². The van der Waals surface area contributed by atoms with Gasteiger partial charge in [-0.05, 0) is 5.56 Å². The van der Waals surface area contributed by atoms with Crippen LogP contribution in [0.1, 0.15) is 0 Å². The summed E-state index contributed by atoms with van der Waals surface area (Å²) in [7, 11) is 0. The smallest absolute Gasteiger partial charge is 0.140 e. The van der Waals surface area contributed by atoms with Gasteiger partial charge in [-0.1, -0.05) is 30.3 Å². The van der Waals surface area contributed by atoms with Gasteiger partial charge in [0.25, 0.3) is 0 Å². The van der Waals surface area contributed by atoms with Gasteiger partial charge >= 0.3 is 0 Å². The van der Waals surface area contributed by atoms with Crippen LogP contribution in [0.25, 0.3) is 11.1 Å². The van der Waals surface area contributed by atoms with E-state index in [1.54, 1.807) is 6.33 Å². The summed E-state index contributed by atoms with van der Waals surface area (Å²) in [6.45, 7) is 3.30. The van der Waals surface area contributed by atoms with Gasteiger partial charge in [-0.25, -0.2) is 9.97 Å². The molecule has 1 aliphatic rings. The second-order valence-electron chi connectivity index (χ2n) is 4.23. The summed E-state index contributed by atoms with van der Waals surface area (Å²) < 4.78 is 5.38. The molecule has 0 radical (unpaired) electrons. The molecule has 92 valence electrons. The normalized spacial score (nSPS) is 15.7. The molecule has 0 aliphatic carbocycles. The Kier molecular flexibility index (Phi) is 3.19. The van der Waals surface area contributed by atoms with E-state index in [0.29, 0.717) is 0 Å². The number of ether oxygens (including phenoxy) is 1. The zero-order valence-corrected chi connectivity index (χ0v) is 10.1. The zero-order valence-electron chi connectivity index (χ0n) is 10.1. The molecule has 0 amide bonds. The predicted octanol–water partition coefficient (Wildman–Crippen LogP) is 1.98. The minimum atomic E-state index is 0.762. The summed E-state index contributed by atoms with van der Waals surface area (Å²) in [6, 6.07) is 10.3. The van der Waals surface area contributed by atoms with Gasteiger partial charge in [0.2, 0.25) is 0 Å². The minimum absolute atomic E-state index is 0.762. The van der Waals surface area contributed by atoms with E-state index < -0.39 is 0 Å². The summed E-state index contributed by atoms with van der Waals surface area (Å²) in [5, 5.41) is 0. The van der Waals surface area contributed by atoms with Crippen molar-refractivity contribution in [3.8, 4) is 11.1 Å². The van der Waals surface area contributed by atoms with Gasteiger partial charge in [-0.2, -0.15) is 0 Å². The highest BCUT2D eigenvalue weighted by Crippen LogP contribution is 2.27. The lowest BCUT2D eigenvalue weighted by molar-refractivity contribution is 0.122. The highest BCUT2D eigenvalue weighted by Gasteiger charge is 2.16. The summed E-state index contributed by atoms with van der Waals surface area (Å²) >= 11 is 0. The van der Waals surface area contributed by atoms with Crippen LogP contribution in [0.3, 0.4) is 0 Å². The molecule has 1 saturated heterocycles. The van der Waals surface area contributed by atoms with Crippen molar-refractivity contribution >= 4 is 5.82 Å². The Bertz CT molecular complexity index is 509. The fraction of sp³-hybridized carbons (Fsp3) is 0.286. The van der Waals surface area contributed by atoms with Crippen LogP contribution in [-0.4, -0.2) is 36.3 Å². The van der Waals surface area contributed by atoms with E-state index >= 15 is 0 Å². The number of rotatable bonds is 2. The van der Waals surface area contributed by atoms with Crippen molar-refractivity contribution in [3.05, 3.63) is 42.9 Å². The summed E-state index contributed by atoms with van der Waals surface area (Å²) in [6.07, 6.45) is 3.49. The van der Waals surface area contributed by atoms with Crippen LogP contribution < -0.4 is 4.90 Å². The first kappa shape index (κ1) is 11.2. The second kappa shape index (κ2) is 5.14. The largest absolute Gasteiger partial charge is 0.378 e. The minimum Gasteiger partial charge on any atom is -0.378 e. The average Bonchev–Trinajstić information content (AvgIpc) is 2.49. The molecule has 1 aliphatic heterocycles. The lowest BCUT2D eigenvalue weighted by Crippen LogP contribution is -2.37. The maximum Gasteiger partial charge on any atom is 0.140 e. The predicted molar refractivity (Wildman–Crippen MR) is 70.5 cm³/mol. The first-order chi connectivity index (χ1) is 8.95. The molecule has 4 nitrogen and oxygen atoms in total. The molecule has 0 unspecified atom stereocenters. The fourth-order valence-corrected chi connectivity index (χ4v) is 2.17. The van der Waals surface area contributed by atoms with Crippen molar-refractivity contribution < 1.29 is 4.74 Å². The van der Waals surface area contributed by atoms with Crippen LogP contribution >= 0.6 is 0 Å². The highest BCUT2D eigenvalue weighted by molar-refractivity contribution is 5.74. The molecule has 1 aromatic carbocycles. The van der Waals surface area contributed by atoms with E-state index in [-0.39, 0.29) is 0 Å². The quantitative estimate of drug-likeness (QED) is 0.806. The Balaban J connectivity index is 1.99. The molecule has 4 heteroatoms. The van der Waals surface area contributed by atoms with Crippen molar-refractivity contribution in [2.75, 3.05) is 31.2 Å². The number of nitrogens with zero attached hydrogens (tertiary/aromatic N) is 3. The lowest BCUT2D eigenvalue weighted by atomic mass is 10.1. The van der Waals surface area contributed by atoms with E-state index in [1.807, 2.05) is 24.4 Å². The molecule has 1 aromatic heterocycles. The van der Waals surface area contributed by atoms with Crippen LogP contribution in [0, 0.1) is 0 Å². The third kappa shape index (κ3) is 2.19. The molecule has 0 N–H and O–H groups in total. The number of anilines is 1. The number of hydrogen-bond donors (Lipinski definition) is 0. The standard InChI is InChI=1S/C14H15N3O/c1-2-4-12(5-3-1)13-10-15-11-16-14(13)17-6-8-18-9-7-17/h1-5,10-11H,6-9H2. The molecule has 2 aromatic rings. The summed E-state index contributed by atoms with van der Waals surface area (Å²) in [4.78, 5) is 10.8. The van der Waals surface area contributed by atoms with Crippen molar-refractivity contribution in [2.45, 2.75) is 0 Å². The van der Waals surface area contributed by atoms with Crippen molar-refractivity contribution in [2.24, 2.45) is 0 Å². The van der Waals surface area contributed by atoms with Crippen LogP contribution in [0.5, 0.6) is 0 Å². The van der Waals surface area contributed by atoms with Gasteiger partial charge in [-0.15, -0.1) is 0 Å². The average molecular weight is 241 g/mol. The third-order valence-corrected chi connectivity index (χ3v) is 3.09. The van der Waals surface area contributed by atoms with Gasteiger partial charge in [0.1, 0.15) is 12.1 Å². The number of aromatic nitrogens is 2. The van der Waals surface area contributed by atoms with E-state index in [2.05, 4.69) is 27.0 Å². The topological polar surface area (TPSA) is 38.2 Å². The monoisotopic (exact) mass is 241 g/mol. The van der Waals surface area contributed by atoms with Crippen LogP contribution in [0.2, 0.25) is 0 Å². The molecule has 0 atom stereocenters. The summed E-state index contributed by atoms with van der Waals surface area (Å²) in [5.74, 6) is 1.000. The van der Waals surface area contributed by atoms with E-state index in [9.17, 15) is 0 Å². The van der Waals surface area contributed by atoms with Gasteiger partial charge < -0.3 is 9.64 Å². The second-order valence-corrected chi connectivity index (χ2v) is 4.23. The van der Waals surface area contributed by atoms with Crippen molar-refractivity contribution in [1.82, 2.24) is 9.97 Å². The van der Waals surface area contributed by atoms with Gasteiger partial charge in [0, 0.05) is 24.8 Å². The molecular weight excluding hydrogens is 226 g/mol. The molecule has 0 spiro atoms. The lowest BCUT2D eigenvalue weighted by Gasteiger charge is -2.29. The third-order valence-electron chi connectivity index (χ3n) is 3.09. The maximum absolute atomic E-state index is 5.38. The molecular formula is C14H15N3O. The number of morpholine rings is 1. The summed E-state index contributed by atoms with van der Waals surface area (Å²) in [5.41, 5.74) is 2.24. The SMILES string of the molecule is c1ccc(-c2cncnc2N2CCOCC2)cc1. The first-order valence-corrected chi connectivity index (χ1v) is 6.13. The van der Waals surface area contributed by atoms with Gasteiger partial charge in [0.05, 0.1) is 13.2 Å². The van der Waals surface area contributed by atoms with Gasteiger partial charge in [0.15, 0.2) is 0 Å². The Morgan fingerprint density at radius 1 is 1.06 bits per heavy atom. The number of hydrogen-bond acceptors (Lipinski definition) is 4. The van der Waals surface area contributed by atoms with Crippen molar-refractivity contribution in [3.63, 3.8) is 0 Å². The van der Waals surface area contributed by atoms with E-state index in [4.69, 9.17) is 4.74 Å². The zero-order chi connectivity index (χ0) is 12.2. The van der Waals surface area contributed by atoms with Crippen LogP contribution in [0.4, 0.5) is 5.82 Å².